The first-order chi connectivity index (χ1) is 7.55. The van der Waals surface area contributed by atoms with Crippen molar-refractivity contribution in [1.82, 2.24) is 4.72 Å². The number of carbonyl (C=O) groups excluding carboxylic acids is 1. The molecule has 0 aliphatic rings. The van der Waals surface area contributed by atoms with Gasteiger partial charge in [0.25, 0.3) is 10.1 Å². The van der Waals surface area contributed by atoms with Crippen LogP contribution in [0.4, 0.5) is 0 Å². The first-order valence-corrected chi connectivity index (χ1v) is 8.15. The lowest BCUT2D eigenvalue weighted by Crippen LogP contribution is -2.41. The maximum absolute atomic E-state index is 11.2. The summed E-state index contributed by atoms with van der Waals surface area (Å²) < 4.78 is 54.0. The molecule has 0 spiro atoms. The summed E-state index contributed by atoms with van der Waals surface area (Å²) >= 11 is 0. The van der Waals surface area contributed by atoms with Gasteiger partial charge >= 0.3 is 5.97 Å². The molecule has 0 amide bonds. The maximum atomic E-state index is 11.2. The highest BCUT2D eigenvalue weighted by molar-refractivity contribution is 7.88. The van der Waals surface area contributed by atoms with Crippen molar-refractivity contribution in [2.45, 2.75) is 12.5 Å². The van der Waals surface area contributed by atoms with E-state index in [-0.39, 0.29) is 13.0 Å². The third kappa shape index (κ3) is 9.03. The minimum absolute atomic E-state index is 0.146. The molecule has 17 heavy (non-hydrogen) atoms. The fourth-order valence-corrected chi connectivity index (χ4v) is 2.07. The number of hydrogen-bond donors (Lipinski definition) is 1. The first-order valence-electron chi connectivity index (χ1n) is 4.44. The van der Waals surface area contributed by atoms with Gasteiger partial charge in [-0.1, -0.05) is 0 Å². The predicted molar refractivity (Wildman–Crippen MR) is 59.2 cm³/mol. The van der Waals surface area contributed by atoms with Gasteiger partial charge in [-0.3, -0.25) is 8.98 Å². The smallest absolute Gasteiger partial charge is 0.323 e. The molecule has 0 aromatic heterocycles. The Morgan fingerprint density at radius 3 is 2.12 bits per heavy atom. The Balaban J connectivity index is 4.47. The quantitative estimate of drug-likeness (QED) is 0.445. The van der Waals surface area contributed by atoms with Gasteiger partial charge in [0.05, 0.1) is 26.2 Å². The summed E-state index contributed by atoms with van der Waals surface area (Å²) in [6, 6.07) is -1.17. The predicted octanol–water partition coefficient (Wildman–Crippen LogP) is -1.56. The van der Waals surface area contributed by atoms with Crippen molar-refractivity contribution >= 4 is 26.1 Å². The molecule has 0 aromatic rings. The molecule has 0 aliphatic heterocycles. The lowest BCUT2D eigenvalue weighted by Gasteiger charge is -2.14. The lowest BCUT2D eigenvalue weighted by molar-refractivity contribution is -0.142. The van der Waals surface area contributed by atoms with Crippen LogP contribution >= 0.6 is 0 Å². The topological polar surface area (TPSA) is 116 Å². The van der Waals surface area contributed by atoms with Crippen LogP contribution in [0.2, 0.25) is 0 Å². The van der Waals surface area contributed by atoms with E-state index >= 15 is 0 Å². The van der Waals surface area contributed by atoms with Gasteiger partial charge < -0.3 is 4.74 Å². The molecule has 0 unspecified atom stereocenters. The van der Waals surface area contributed by atoms with E-state index in [9.17, 15) is 21.6 Å². The van der Waals surface area contributed by atoms with Crippen LogP contribution in [0.25, 0.3) is 0 Å². The van der Waals surface area contributed by atoms with E-state index in [4.69, 9.17) is 0 Å². The largest absolute Gasteiger partial charge is 0.468 e. The highest BCUT2D eigenvalue weighted by Gasteiger charge is 2.23. The minimum atomic E-state index is -3.63. The molecule has 0 aromatic carbocycles. The van der Waals surface area contributed by atoms with Gasteiger partial charge in [0.15, 0.2) is 0 Å². The molecule has 0 rings (SSSR count). The summed E-state index contributed by atoms with van der Waals surface area (Å²) in [5, 5.41) is 0. The van der Waals surface area contributed by atoms with Crippen LogP contribution in [-0.4, -0.2) is 55.1 Å². The van der Waals surface area contributed by atoms with E-state index in [0.717, 1.165) is 19.6 Å². The number of nitrogens with one attached hydrogen (secondary N) is 1. The first kappa shape index (κ1) is 16.3. The fraction of sp³-hybridized carbons (Fsp3) is 0.857. The average molecular weight is 289 g/mol. The number of methoxy groups -OCH3 is 1. The van der Waals surface area contributed by atoms with Gasteiger partial charge in [-0.2, -0.15) is 8.42 Å². The molecule has 0 heterocycles. The molecule has 1 atom stereocenters. The molecule has 1 N–H and O–H groups in total. The molecule has 0 bridgehead atoms. The van der Waals surface area contributed by atoms with Crippen molar-refractivity contribution in [2.75, 3.05) is 26.2 Å². The number of rotatable bonds is 7. The van der Waals surface area contributed by atoms with Gasteiger partial charge in [0.2, 0.25) is 10.0 Å². The summed E-state index contributed by atoms with van der Waals surface area (Å²) in [6.45, 7) is -0.318. The molecule has 0 fully saturated rings. The number of esters is 1. The average Bonchev–Trinajstić information content (AvgIpc) is 2.11. The van der Waals surface area contributed by atoms with Gasteiger partial charge in [-0.15, -0.1) is 0 Å². The van der Waals surface area contributed by atoms with Crippen LogP contribution in [0, 0.1) is 0 Å². The Hall–Kier alpha value is -0.710. The van der Waals surface area contributed by atoms with E-state index in [2.05, 4.69) is 8.92 Å². The van der Waals surface area contributed by atoms with Crippen LogP contribution in [-0.2, 0) is 33.9 Å². The van der Waals surface area contributed by atoms with E-state index in [1.807, 2.05) is 4.72 Å². The zero-order valence-corrected chi connectivity index (χ0v) is 11.3. The van der Waals surface area contributed by atoms with E-state index < -0.39 is 32.2 Å². The van der Waals surface area contributed by atoms with Crippen LogP contribution in [0.3, 0.4) is 0 Å². The normalized spacial score (nSPS) is 14.3. The lowest BCUT2D eigenvalue weighted by atomic mass is 10.2. The number of sulfonamides is 1. The number of ether oxygens (including phenoxy) is 1. The third-order valence-corrected chi connectivity index (χ3v) is 2.85. The molecule has 0 aliphatic carbocycles. The summed E-state index contributed by atoms with van der Waals surface area (Å²) in [5.74, 6) is -0.812. The zero-order chi connectivity index (χ0) is 13.7. The fourth-order valence-electron chi connectivity index (χ4n) is 0.943. The molecule has 8 nitrogen and oxygen atoms in total. The van der Waals surface area contributed by atoms with Crippen molar-refractivity contribution in [2.24, 2.45) is 0 Å². The Morgan fingerprint density at radius 2 is 1.76 bits per heavy atom. The molecule has 0 saturated heterocycles. The minimum Gasteiger partial charge on any atom is -0.468 e. The van der Waals surface area contributed by atoms with E-state index in [1.165, 1.54) is 0 Å². The van der Waals surface area contributed by atoms with Crippen LogP contribution < -0.4 is 4.72 Å². The SMILES string of the molecule is COC(=O)[C@H](CCOS(C)(=O)=O)NS(C)(=O)=O. The van der Waals surface area contributed by atoms with E-state index in [1.54, 1.807) is 0 Å². The van der Waals surface area contributed by atoms with Crippen molar-refractivity contribution in [1.29, 1.82) is 0 Å². The number of carbonyl (C=O) groups is 1. The highest BCUT2D eigenvalue weighted by Crippen LogP contribution is 2.00. The summed E-state index contributed by atoms with van der Waals surface area (Å²) in [4.78, 5) is 11.2. The Morgan fingerprint density at radius 1 is 1.24 bits per heavy atom. The van der Waals surface area contributed by atoms with Crippen molar-refractivity contribution in [3.8, 4) is 0 Å². The van der Waals surface area contributed by atoms with Crippen LogP contribution in [0.1, 0.15) is 6.42 Å². The highest BCUT2D eigenvalue weighted by atomic mass is 32.2. The Bertz CT molecular complexity index is 453. The Kier molecular flexibility index (Phi) is 6.02. The molecular formula is C7H15NO7S2. The van der Waals surface area contributed by atoms with Crippen LogP contribution in [0.15, 0.2) is 0 Å². The summed E-state index contributed by atoms with van der Waals surface area (Å²) in [5.41, 5.74) is 0. The number of hydrogen-bond acceptors (Lipinski definition) is 7. The molecule has 10 heteroatoms. The summed E-state index contributed by atoms with van der Waals surface area (Å²) in [6.07, 6.45) is 1.58. The van der Waals surface area contributed by atoms with Crippen molar-refractivity contribution in [3.05, 3.63) is 0 Å². The molecule has 0 saturated carbocycles. The Labute approximate surface area is 100 Å². The third-order valence-electron chi connectivity index (χ3n) is 1.55. The standard InChI is InChI=1S/C7H15NO7S2/c1-14-7(9)6(8-16(2,10)11)4-5-15-17(3,12)13/h6,8H,4-5H2,1-3H3/t6-/m0/s1. The second kappa shape index (κ2) is 6.28. The van der Waals surface area contributed by atoms with E-state index in [0.29, 0.717) is 0 Å². The maximum Gasteiger partial charge on any atom is 0.323 e. The molecule has 102 valence electrons. The van der Waals surface area contributed by atoms with Crippen molar-refractivity contribution < 1.29 is 30.6 Å². The second-order valence-corrected chi connectivity index (χ2v) is 6.70. The summed E-state index contributed by atoms with van der Waals surface area (Å²) in [7, 11) is -6.13. The zero-order valence-electron chi connectivity index (χ0n) is 9.67. The van der Waals surface area contributed by atoms with Gasteiger partial charge in [0.1, 0.15) is 6.04 Å². The monoisotopic (exact) mass is 289 g/mol. The van der Waals surface area contributed by atoms with Crippen molar-refractivity contribution in [3.63, 3.8) is 0 Å². The van der Waals surface area contributed by atoms with Gasteiger partial charge in [-0.05, 0) is 6.42 Å². The molecular weight excluding hydrogens is 274 g/mol. The molecule has 0 radical (unpaired) electrons. The van der Waals surface area contributed by atoms with Gasteiger partial charge in [-0.25, -0.2) is 13.1 Å². The second-order valence-electron chi connectivity index (χ2n) is 3.28. The van der Waals surface area contributed by atoms with Gasteiger partial charge in [0, 0.05) is 0 Å². The van der Waals surface area contributed by atoms with Crippen LogP contribution in [0.5, 0.6) is 0 Å².